The summed E-state index contributed by atoms with van der Waals surface area (Å²) in [6, 6.07) is 9.09. The van der Waals surface area contributed by atoms with Crippen LogP contribution in [-0.4, -0.2) is 42.8 Å². The Morgan fingerprint density at radius 3 is 2.09 bits per heavy atom. The molecule has 1 amide bonds. The van der Waals surface area contributed by atoms with Gasteiger partial charge in [-0.2, -0.15) is 0 Å². The molecule has 128 valence electrons. The maximum atomic E-state index is 12.1. The van der Waals surface area contributed by atoms with Crippen molar-refractivity contribution in [1.29, 1.82) is 0 Å². The summed E-state index contributed by atoms with van der Waals surface area (Å²) in [6.45, 7) is 14.8. The van der Waals surface area contributed by atoms with Crippen LogP contribution in [0.5, 0.6) is 0 Å². The number of hydrogen-bond donors (Lipinski definition) is 0. The van der Waals surface area contributed by atoms with Crippen LogP contribution in [0.4, 0.5) is 10.5 Å². The first-order valence-electron chi connectivity index (χ1n) is 8.54. The van der Waals surface area contributed by atoms with E-state index in [9.17, 15) is 4.79 Å². The number of benzene rings is 1. The van der Waals surface area contributed by atoms with E-state index in [4.69, 9.17) is 4.74 Å². The molecule has 0 radical (unpaired) electrons. The Kier molecular flexibility index (Phi) is 5.23. The zero-order chi connectivity index (χ0) is 17.2. The highest BCUT2D eigenvalue weighted by Crippen LogP contribution is 2.27. The van der Waals surface area contributed by atoms with E-state index < -0.39 is 0 Å². The highest BCUT2D eigenvalue weighted by Gasteiger charge is 2.33. The maximum absolute atomic E-state index is 12.1. The molecule has 0 aliphatic carbocycles. The summed E-state index contributed by atoms with van der Waals surface area (Å²) in [4.78, 5) is 16.3. The van der Waals surface area contributed by atoms with E-state index in [1.165, 1.54) is 11.3 Å². The Labute approximate surface area is 140 Å². The summed E-state index contributed by atoms with van der Waals surface area (Å²) in [5.41, 5.74) is 2.73. The maximum Gasteiger partial charge on any atom is 0.410 e. The third kappa shape index (κ3) is 3.98. The van der Waals surface area contributed by atoms with Crippen molar-refractivity contribution in [3.05, 3.63) is 29.8 Å². The number of carbonyl (C=O) groups excluding carboxylic acids is 1. The van der Waals surface area contributed by atoms with E-state index >= 15 is 0 Å². The highest BCUT2D eigenvalue weighted by atomic mass is 16.6. The predicted molar refractivity (Wildman–Crippen MR) is 95.1 cm³/mol. The fourth-order valence-corrected chi connectivity index (χ4v) is 3.26. The first kappa shape index (κ1) is 17.6. The molecule has 1 aliphatic rings. The number of carbonyl (C=O) groups is 1. The lowest BCUT2D eigenvalue weighted by molar-refractivity contribution is 0.0698. The molecule has 23 heavy (non-hydrogen) atoms. The summed E-state index contributed by atoms with van der Waals surface area (Å²) in [7, 11) is 0. The summed E-state index contributed by atoms with van der Waals surface area (Å²) in [5, 5.41) is 0. The fourth-order valence-electron chi connectivity index (χ4n) is 3.26. The van der Waals surface area contributed by atoms with Gasteiger partial charge in [0.05, 0.1) is 18.7 Å². The number of ether oxygens (including phenoxy) is 1. The van der Waals surface area contributed by atoms with Gasteiger partial charge in [-0.3, -0.25) is 4.90 Å². The van der Waals surface area contributed by atoms with Crippen molar-refractivity contribution in [2.45, 2.75) is 59.0 Å². The van der Waals surface area contributed by atoms with Crippen LogP contribution in [0.3, 0.4) is 0 Å². The van der Waals surface area contributed by atoms with Crippen molar-refractivity contribution >= 4 is 11.8 Å². The lowest BCUT2D eigenvalue weighted by atomic mass is 9.87. The minimum atomic E-state index is -0.199. The SMILES string of the molecule is CCOC(=O)N1[C@H](C)CN(c2ccc(C(C)(C)C)cc2)C[C@@H]1C. The van der Waals surface area contributed by atoms with Crippen LogP contribution in [0.25, 0.3) is 0 Å². The third-order valence-electron chi connectivity index (χ3n) is 4.50. The predicted octanol–water partition coefficient (Wildman–Crippen LogP) is 4.04. The second-order valence-electron chi connectivity index (χ2n) is 7.51. The van der Waals surface area contributed by atoms with Gasteiger partial charge in [-0.05, 0) is 43.9 Å². The molecule has 4 nitrogen and oxygen atoms in total. The molecule has 1 saturated heterocycles. The quantitative estimate of drug-likeness (QED) is 0.825. The molecule has 0 aromatic heterocycles. The van der Waals surface area contributed by atoms with Gasteiger partial charge < -0.3 is 9.64 Å². The summed E-state index contributed by atoms with van der Waals surface area (Å²) >= 11 is 0. The van der Waals surface area contributed by atoms with E-state index in [0.29, 0.717) is 6.61 Å². The fraction of sp³-hybridized carbons (Fsp3) is 0.632. The second kappa shape index (κ2) is 6.81. The van der Waals surface area contributed by atoms with Gasteiger partial charge in [0, 0.05) is 18.8 Å². The van der Waals surface area contributed by atoms with Crippen molar-refractivity contribution in [3.63, 3.8) is 0 Å². The molecule has 1 heterocycles. The Bertz CT molecular complexity index is 521. The van der Waals surface area contributed by atoms with Crippen LogP contribution >= 0.6 is 0 Å². The van der Waals surface area contributed by atoms with Crippen molar-refractivity contribution in [3.8, 4) is 0 Å². The Hall–Kier alpha value is -1.71. The van der Waals surface area contributed by atoms with E-state index in [0.717, 1.165) is 13.1 Å². The number of amides is 1. The van der Waals surface area contributed by atoms with E-state index in [1.807, 2.05) is 11.8 Å². The molecule has 0 spiro atoms. The average Bonchev–Trinajstić information content (AvgIpc) is 2.46. The van der Waals surface area contributed by atoms with Crippen molar-refractivity contribution < 1.29 is 9.53 Å². The van der Waals surface area contributed by atoms with Crippen molar-refractivity contribution in [2.75, 3.05) is 24.6 Å². The van der Waals surface area contributed by atoms with Gasteiger partial charge >= 0.3 is 6.09 Å². The number of anilines is 1. The molecule has 0 bridgehead atoms. The minimum absolute atomic E-state index is 0.139. The zero-order valence-electron chi connectivity index (χ0n) is 15.3. The zero-order valence-corrected chi connectivity index (χ0v) is 15.3. The lowest BCUT2D eigenvalue weighted by Gasteiger charge is -2.44. The topological polar surface area (TPSA) is 32.8 Å². The molecule has 1 aromatic rings. The Balaban J connectivity index is 2.11. The molecular formula is C19H30N2O2. The Morgan fingerprint density at radius 2 is 1.65 bits per heavy atom. The number of hydrogen-bond acceptors (Lipinski definition) is 3. The van der Waals surface area contributed by atoms with Gasteiger partial charge in [-0.1, -0.05) is 32.9 Å². The molecule has 1 fully saturated rings. The van der Waals surface area contributed by atoms with Crippen LogP contribution in [-0.2, 0) is 10.2 Å². The third-order valence-corrected chi connectivity index (χ3v) is 4.50. The smallest absolute Gasteiger partial charge is 0.410 e. The van der Waals surface area contributed by atoms with Gasteiger partial charge in [-0.15, -0.1) is 0 Å². The van der Waals surface area contributed by atoms with Gasteiger partial charge in [-0.25, -0.2) is 4.79 Å². The molecule has 0 saturated carbocycles. The minimum Gasteiger partial charge on any atom is -0.450 e. The summed E-state index contributed by atoms with van der Waals surface area (Å²) < 4.78 is 5.18. The number of rotatable bonds is 2. The van der Waals surface area contributed by atoms with Gasteiger partial charge in [0.1, 0.15) is 0 Å². The van der Waals surface area contributed by atoms with Gasteiger partial charge in [0.25, 0.3) is 0 Å². The van der Waals surface area contributed by atoms with Crippen molar-refractivity contribution in [2.24, 2.45) is 0 Å². The first-order valence-corrected chi connectivity index (χ1v) is 8.54. The lowest BCUT2D eigenvalue weighted by Crippen LogP contribution is -2.58. The van der Waals surface area contributed by atoms with Crippen LogP contribution in [0, 0.1) is 0 Å². The number of piperazine rings is 1. The monoisotopic (exact) mass is 318 g/mol. The Morgan fingerprint density at radius 1 is 1.13 bits per heavy atom. The molecule has 0 N–H and O–H groups in total. The molecule has 2 atom stereocenters. The molecule has 0 unspecified atom stereocenters. The molecule has 1 aromatic carbocycles. The molecular weight excluding hydrogens is 288 g/mol. The van der Waals surface area contributed by atoms with E-state index in [2.05, 4.69) is 63.8 Å². The van der Waals surface area contributed by atoms with Crippen LogP contribution in [0.1, 0.15) is 47.1 Å². The van der Waals surface area contributed by atoms with E-state index in [1.54, 1.807) is 0 Å². The average molecular weight is 318 g/mol. The largest absolute Gasteiger partial charge is 0.450 e. The standard InChI is InChI=1S/C19H30N2O2/c1-7-23-18(22)21-14(2)12-20(13-15(21)3)17-10-8-16(9-11-17)19(4,5)6/h8-11,14-15H,7,12-13H2,1-6H3/t14-,15+. The van der Waals surface area contributed by atoms with Gasteiger partial charge in [0.15, 0.2) is 0 Å². The number of nitrogens with zero attached hydrogens (tertiary/aromatic N) is 2. The van der Waals surface area contributed by atoms with Crippen LogP contribution in [0.2, 0.25) is 0 Å². The van der Waals surface area contributed by atoms with Crippen molar-refractivity contribution in [1.82, 2.24) is 4.90 Å². The van der Waals surface area contributed by atoms with Gasteiger partial charge in [0.2, 0.25) is 0 Å². The summed E-state index contributed by atoms with van der Waals surface area (Å²) in [6.07, 6.45) is -0.199. The second-order valence-corrected chi connectivity index (χ2v) is 7.51. The molecule has 2 rings (SSSR count). The van der Waals surface area contributed by atoms with E-state index in [-0.39, 0.29) is 23.6 Å². The molecule has 4 heteroatoms. The summed E-state index contributed by atoms with van der Waals surface area (Å²) in [5.74, 6) is 0. The van der Waals surface area contributed by atoms with Crippen LogP contribution < -0.4 is 4.90 Å². The normalized spacial score (nSPS) is 22.2. The first-order chi connectivity index (χ1) is 10.7. The highest BCUT2D eigenvalue weighted by molar-refractivity contribution is 5.69. The molecule has 1 aliphatic heterocycles. The van der Waals surface area contributed by atoms with Crippen LogP contribution in [0.15, 0.2) is 24.3 Å².